The van der Waals surface area contributed by atoms with E-state index in [1.807, 2.05) is 17.0 Å². The molecule has 1 aromatic rings. The van der Waals surface area contributed by atoms with Crippen molar-refractivity contribution < 1.29 is 14.3 Å². The highest BCUT2D eigenvalue weighted by Gasteiger charge is 2.54. The average Bonchev–Trinajstić information content (AvgIpc) is 2.81. The first-order valence-electron chi connectivity index (χ1n) is 9.82. The van der Waals surface area contributed by atoms with E-state index in [2.05, 4.69) is 30.1 Å². The van der Waals surface area contributed by atoms with Crippen LogP contribution in [0, 0.1) is 0 Å². The van der Waals surface area contributed by atoms with E-state index in [9.17, 15) is 4.79 Å². The Labute approximate surface area is 161 Å². The highest BCUT2D eigenvalue weighted by atomic mass is 16.5. The molecule has 0 saturated carbocycles. The van der Waals surface area contributed by atoms with Crippen molar-refractivity contribution in [2.45, 2.75) is 44.7 Å². The van der Waals surface area contributed by atoms with Gasteiger partial charge in [0.15, 0.2) is 0 Å². The number of nitrogens with one attached hydrogen (secondary N) is 1. The van der Waals surface area contributed by atoms with E-state index < -0.39 is 0 Å². The van der Waals surface area contributed by atoms with Gasteiger partial charge in [-0.25, -0.2) is 4.79 Å². The number of methoxy groups -OCH3 is 2. The SMILES string of the molecule is CCN1C(=O)N2Cc3cc(OC)cc(OC)c3[C@H](C)C=C2C12CCNCC2. The Morgan fingerprint density at radius 2 is 1.96 bits per heavy atom. The third kappa shape index (κ3) is 2.61. The van der Waals surface area contributed by atoms with Crippen molar-refractivity contribution in [3.05, 3.63) is 35.0 Å². The number of amides is 2. The topological polar surface area (TPSA) is 54.0 Å². The summed E-state index contributed by atoms with van der Waals surface area (Å²) < 4.78 is 11.1. The second-order valence-electron chi connectivity index (χ2n) is 7.64. The summed E-state index contributed by atoms with van der Waals surface area (Å²) in [5.74, 6) is 1.75. The van der Waals surface area contributed by atoms with Crippen molar-refractivity contribution in [2.24, 2.45) is 0 Å². The number of ether oxygens (including phenoxy) is 2. The summed E-state index contributed by atoms with van der Waals surface area (Å²) in [6, 6.07) is 4.10. The Kier molecular flexibility index (Phi) is 4.54. The number of hydrogen-bond acceptors (Lipinski definition) is 4. The lowest BCUT2D eigenvalue weighted by Gasteiger charge is -2.41. The highest BCUT2D eigenvalue weighted by molar-refractivity contribution is 5.83. The predicted octanol–water partition coefficient (Wildman–Crippen LogP) is 3.08. The number of benzene rings is 1. The minimum Gasteiger partial charge on any atom is -0.497 e. The van der Waals surface area contributed by atoms with Gasteiger partial charge in [0.2, 0.25) is 0 Å². The molecule has 2 fully saturated rings. The molecule has 0 unspecified atom stereocenters. The van der Waals surface area contributed by atoms with Crippen molar-refractivity contribution in [1.82, 2.24) is 15.1 Å². The quantitative estimate of drug-likeness (QED) is 0.887. The van der Waals surface area contributed by atoms with Gasteiger partial charge < -0.3 is 19.7 Å². The normalized spacial score (nSPS) is 23.6. The number of urea groups is 1. The van der Waals surface area contributed by atoms with Gasteiger partial charge in [-0.15, -0.1) is 0 Å². The van der Waals surface area contributed by atoms with Crippen LogP contribution in [-0.4, -0.2) is 55.2 Å². The highest BCUT2D eigenvalue weighted by Crippen LogP contribution is 2.48. The van der Waals surface area contributed by atoms with E-state index >= 15 is 0 Å². The molecule has 27 heavy (non-hydrogen) atoms. The molecule has 3 aliphatic heterocycles. The third-order valence-electron chi connectivity index (χ3n) is 6.34. The first-order chi connectivity index (χ1) is 13.1. The number of carbonyl (C=O) groups is 1. The van der Waals surface area contributed by atoms with Crippen LogP contribution in [0.1, 0.15) is 43.7 Å². The summed E-state index contributed by atoms with van der Waals surface area (Å²) in [6.45, 7) is 7.44. The molecule has 6 heteroatoms. The molecular weight excluding hydrogens is 342 g/mol. The van der Waals surface area contributed by atoms with E-state index in [4.69, 9.17) is 9.47 Å². The molecule has 0 bridgehead atoms. The third-order valence-corrected chi connectivity index (χ3v) is 6.34. The van der Waals surface area contributed by atoms with Gasteiger partial charge in [0, 0.05) is 29.8 Å². The minimum absolute atomic E-state index is 0.118. The summed E-state index contributed by atoms with van der Waals surface area (Å²) >= 11 is 0. The Hall–Kier alpha value is -2.21. The summed E-state index contributed by atoms with van der Waals surface area (Å²) in [6.07, 6.45) is 4.20. The lowest BCUT2D eigenvalue weighted by molar-refractivity contribution is 0.141. The van der Waals surface area contributed by atoms with Gasteiger partial charge >= 0.3 is 6.03 Å². The summed E-state index contributed by atoms with van der Waals surface area (Å²) in [5, 5.41) is 3.45. The van der Waals surface area contributed by atoms with Crippen molar-refractivity contribution in [2.75, 3.05) is 33.9 Å². The number of likely N-dealkylation sites (N-methyl/N-ethyl adjacent to an activating group) is 1. The smallest absolute Gasteiger partial charge is 0.325 e. The lowest BCUT2D eigenvalue weighted by atomic mass is 9.82. The number of piperidine rings is 1. The van der Waals surface area contributed by atoms with E-state index in [0.717, 1.165) is 55.1 Å². The van der Waals surface area contributed by atoms with Crippen LogP contribution < -0.4 is 14.8 Å². The van der Waals surface area contributed by atoms with Gasteiger partial charge in [0.1, 0.15) is 11.5 Å². The van der Waals surface area contributed by atoms with E-state index in [0.29, 0.717) is 6.54 Å². The van der Waals surface area contributed by atoms with E-state index in [-0.39, 0.29) is 17.5 Å². The van der Waals surface area contributed by atoms with Crippen LogP contribution in [0.4, 0.5) is 4.79 Å². The van der Waals surface area contributed by atoms with Crippen molar-refractivity contribution in [1.29, 1.82) is 0 Å². The molecule has 1 aromatic carbocycles. The number of carbonyl (C=O) groups excluding carboxylic acids is 1. The van der Waals surface area contributed by atoms with Crippen molar-refractivity contribution in [3.63, 3.8) is 0 Å². The van der Waals surface area contributed by atoms with Gasteiger partial charge in [-0.1, -0.05) is 13.0 Å². The fraction of sp³-hybridized carbons (Fsp3) is 0.571. The fourth-order valence-corrected chi connectivity index (χ4v) is 5.10. The molecule has 146 valence electrons. The first-order valence-corrected chi connectivity index (χ1v) is 9.82. The molecule has 3 heterocycles. The molecular formula is C21H29N3O3. The van der Waals surface area contributed by atoms with Gasteiger partial charge in [-0.3, -0.25) is 4.90 Å². The van der Waals surface area contributed by atoms with Crippen molar-refractivity contribution >= 4 is 6.03 Å². The molecule has 2 saturated heterocycles. The van der Waals surface area contributed by atoms with Crippen LogP contribution in [0.5, 0.6) is 11.5 Å². The summed E-state index contributed by atoms with van der Waals surface area (Å²) in [4.78, 5) is 17.4. The Balaban J connectivity index is 1.86. The Bertz CT molecular complexity index is 783. The molecule has 0 aromatic heterocycles. The largest absolute Gasteiger partial charge is 0.497 e. The number of allylic oxidation sites excluding steroid dienone is 1. The number of fused-ring (bicyclic) bond motifs is 3. The predicted molar refractivity (Wildman–Crippen MR) is 104 cm³/mol. The summed E-state index contributed by atoms with van der Waals surface area (Å²) in [5.41, 5.74) is 3.23. The van der Waals surface area contributed by atoms with Crippen LogP contribution in [0.2, 0.25) is 0 Å². The molecule has 1 atom stereocenters. The fourth-order valence-electron chi connectivity index (χ4n) is 5.10. The molecule has 1 N–H and O–H groups in total. The second kappa shape index (κ2) is 6.75. The van der Waals surface area contributed by atoms with Crippen LogP contribution in [-0.2, 0) is 6.54 Å². The maximum absolute atomic E-state index is 13.4. The standard InChI is InChI=1S/C21H29N3O3/c1-5-24-20(25)23-13-15-11-16(26-3)12-17(27-4)19(15)14(2)10-18(23)21(24)6-8-22-9-7-21/h10-12,14,22H,5-9,13H2,1-4H3/t14-/m1/s1. The van der Waals surface area contributed by atoms with E-state index in [1.165, 1.54) is 5.70 Å². The van der Waals surface area contributed by atoms with Gasteiger partial charge in [0.05, 0.1) is 26.3 Å². The molecule has 4 rings (SSSR count). The van der Waals surface area contributed by atoms with Crippen LogP contribution >= 0.6 is 0 Å². The summed E-state index contributed by atoms with van der Waals surface area (Å²) in [7, 11) is 3.36. The average molecular weight is 371 g/mol. The maximum atomic E-state index is 13.4. The van der Waals surface area contributed by atoms with Crippen LogP contribution in [0.25, 0.3) is 0 Å². The van der Waals surface area contributed by atoms with E-state index in [1.54, 1.807) is 14.2 Å². The zero-order valence-electron chi connectivity index (χ0n) is 16.7. The lowest BCUT2D eigenvalue weighted by Crippen LogP contribution is -2.52. The zero-order valence-corrected chi connectivity index (χ0v) is 16.7. The first kappa shape index (κ1) is 18.2. The molecule has 1 spiro atoms. The van der Waals surface area contributed by atoms with Gasteiger partial charge in [0.25, 0.3) is 0 Å². The monoisotopic (exact) mass is 371 g/mol. The van der Waals surface area contributed by atoms with Gasteiger partial charge in [-0.2, -0.15) is 0 Å². The molecule has 0 radical (unpaired) electrons. The minimum atomic E-state index is -0.190. The number of rotatable bonds is 3. The molecule has 3 aliphatic rings. The zero-order chi connectivity index (χ0) is 19.2. The molecule has 0 aliphatic carbocycles. The number of hydrogen-bond donors (Lipinski definition) is 1. The second-order valence-corrected chi connectivity index (χ2v) is 7.64. The van der Waals surface area contributed by atoms with Crippen molar-refractivity contribution in [3.8, 4) is 11.5 Å². The maximum Gasteiger partial charge on any atom is 0.325 e. The van der Waals surface area contributed by atoms with Crippen LogP contribution in [0.3, 0.4) is 0 Å². The van der Waals surface area contributed by atoms with Gasteiger partial charge in [-0.05, 0) is 44.5 Å². The Morgan fingerprint density at radius 1 is 1.22 bits per heavy atom. The van der Waals surface area contributed by atoms with Crippen LogP contribution in [0.15, 0.2) is 23.9 Å². The Morgan fingerprint density at radius 3 is 2.59 bits per heavy atom. The number of nitrogens with zero attached hydrogens (tertiary/aromatic N) is 2. The molecule has 2 amide bonds. The molecule has 6 nitrogen and oxygen atoms in total.